The van der Waals surface area contributed by atoms with Crippen molar-refractivity contribution in [3.63, 3.8) is 0 Å². The molecule has 1 heterocycles. The highest BCUT2D eigenvalue weighted by Gasteiger charge is 2.07. The third-order valence-corrected chi connectivity index (χ3v) is 2.93. The largest absolute Gasteiger partial charge is 0.289 e. The molecule has 0 aliphatic rings. The number of aromatic nitrogens is 2. The van der Waals surface area contributed by atoms with E-state index >= 15 is 0 Å². The van der Waals surface area contributed by atoms with Crippen molar-refractivity contribution < 1.29 is 9.72 Å². The monoisotopic (exact) mass is 305 g/mol. The van der Waals surface area contributed by atoms with Crippen LogP contribution in [0.25, 0.3) is 6.08 Å². The van der Waals surface area contributed by atoms with Crippen LogP contribution in [0, 0.1) is 10.1 Å². The number of nitro benzene ring substituents is 1. The maximum absolute atomic E-state index is 11.9. The van der Waals surface area contributed by atoms with Gasteiger partial charge in [-0.15, -0.1) is 11.6 Å². The highest BCUT2D eigenvalue weighted by atomic mass is 35.5. The first-order valence-corrected chi connectivity index (χ1v) is 6.69. The summed E-state index contributed by atoms with van der Waals surface area (Å²) in [6.07, 6.45) is 6.46. The molecule has 0 saturated heterocycles. The molecule has 108 valence electrons. The lowest BCUT2D eigenvalue weighted by Gasteiger charge is -1.95. The Morgan fingerprint density at radius 2 is 2.10 bits per heavy atom. The molecule has 0 N–H and O–H groups in total. The highest BCUT2D eigenvalue weighted by molar-refractivity contribution is 6.17. The Balaban J connectivity index is 2.05. The predicted octanol–water partition coefficient (Wildman–Crippen LogP) is 2.93. The van der Waals surface area contributed by atoms with Gasteiger partial charge in [0.2, 0.25) is 0 Å². The van der Waals surface area contributed by atoms with E-state index in [2.05, 4.69) is 5.10 Å². The SMILES string of the molecule is O=C(C=Cc1cnn(CCCl)c1)c1ccc([N+](=O)[O-])cc1. The highest BCUT2D eigenvalue weighted by Crippen LogP contribution is 2.13. The molecular weight excluding hydrogens is 294 g/mol. The molecular formula is C14H12ClN3O3. The molecule has 2 aromatic rings. The van der Waals surface area contributed by atoms with Crippen LogP contribution in [-0.2, 0) is 6.54 Å². The average molecular weight is 306 g/mol. The number of hydrogen-bond donors (Lipinski definition) is 0. The summed E-state index contributed by atoms with van der Waals surface area (Å²) in [5, 5.41) is 14.6. The van der Waals surface area contributed by atoms with Gasteiger partial charge in [0.1, 0.15) is 0 Å². The number of carbonyl (C=O) groups excluding carboxylic acids is 1. The Morgan fingerprint density at radius 1 is 1.38 bits per heavy atom. The molecule has 7 heteroatoms. The van der Waals surface area contributed by atoms with Crippen molar-refractivity contribution in [2.75, 3.05) is 5.88 Å². The van der Waals surface area contributed by atoms with Gasteiger partial charge in [-0.2, -0.15) is 5.10 Å². The van der Waals surface area contributed by atoms with Gasteiger partial charge in [-0.1, -0.05) is 0 Å². The van der Waals surface area contributed by atoms with Crippen LogP contribution in [0.2, 0.25) is 0 Å². The van der Waals surface area contributed by atoms with E-state index in [9.17, 15) is 14.9 Å². The number of hydrogen-bond acceptors (Lipinski definition) is 4. The maximum Gasteiger partial charge on any atom is 0.269 e. The van der Waals surface area contributed by atoms with Crippen LogP contribution in [0.1, 0.15) is 15.9 Å². The third kappa shape index (κ3) is 4.00. The van der Waals surface area contributed by atoms with Crippen LogP contribution in [0.15, 0.2) is 42.7 Å². The summed E-state index contributed by atoms with van der Waals surface area (Å²) >= 11 is 5.61. The fourth-order valence-corrected chi connectivity index (χ4v) is 1.86. The molecule has 0 aliphatic carbocycles. The number of carbonyl (C=O) groups is 1. The van der Waals surface area contributed by atoms with Crippen molar-refractivity contribution in [2.24, 2.45) is 0 Å². The molecule has 21 heavy (non-hydrogen) atoms. The van der Waals surface area contributed by atoms with Crippen molar-refractivity contribution in [1.29, 1.82) is 0 Å². The normalized spacial score (nSPS) is 10.9. The third-order valence-electron chi connectivity index (χ3n) is 2.76. The molecule has 0 fully saturated rings. The number of benzene rings is 1. The molecule has 0 atom stereocenters. The number of allylic oxidation sites excluding steroid dienone is 1. The van der Waals surface area contributed by atoms with Crippen molar-refractivity contribution in [3.8, 4) is 0 Å². The average Bonchev–Trinajstić information content (AvgIpc) is 2.93. The molecule has 1 aromatic carbocycles. The molecule has 0 unspecified atom stereocenters. The van der Waals surface area contributed by atoms with Crippen molar-refractivity contribution in [3.05, 3.63) is 64.0 Å². The van der Waals surface area contributed by atoms with Crippen LogP contribution in [0.4, 0.5) is 5.69 Å². The number of nitro groups is 1. The van der Waals surface area contributed by atoms with Crippen molar-refractivity contribution >= 4 is 29.1 Å². The topological polar surface area (TPSA) is 78.0 Å². The molecule has 0 radical (unpaired) electrons. The Kier molecular flexibility index (Phi) is 4.84. The van der Waals surface area contributed by atoms with Gasteiger partial charge in [0.05, 0.1) is 17.7 Å². The second kappa shape index (κ2) is 6.81. The van der Waals surface area contributed by atoms with Crippen LogP contribution >= 0.6 is 11.6 Å². The number of ketones is 1. The number of aryl methyl sites for hydroxylation is 1. The number of nitrogens with zero attached hydrogens (tertiary/aromatic N) is 3. The Bertz CT molecular complexity index is 677. The first kappa shape index (κ1) is 14.9. The van der Waals surface area contributed by atoms with Crippen LogP contribution in [0.3, 0.4) is 0 Å². The molecule has 1 aromatic heterocycles. The summed E-state index contributed by atoms with van der Waals surface area (Å²) in [6.45, 7) is 0.603. The van der Waals surface area contributed by atoms with Crippen molar-refractivity contribution in [1.82, 2.24) is 9.78 Å². The van der Waals surface area contributed by atoms with E-state index < -0.39 is 4.92 Å². The van der Waals surface area contributed by atoms with Gasteiger partial charge in [-0.05, 0) is 24.3 Å². The summed E-state index contributed by atoms with van der Waals surface area (Å²) in [7, 11) is 0. The van der Waals surface area contributed by atoms with E-state index in [1.165, 1.54) is 30.3 Å². The van der Waals surface area contributed by atoms with E-state index in [0.717, 1.165) is 5.56 Å². The molecule has 0 bridgehead atoms. The van der Waals surface area contributed by atoms with Gasteiger partial charge in [0, 0.05) is 35.3 Å². The number of non-ortho nitro benzene ring substituents is 1. The van der Waals surface area contributed by atoms with E-state index in [1.807, 2.05) is 0 Å². The summed E-state index contributed by atoms with van der Waals surface area (Å²) in [6, 6.07) is 5.47. The fourth-order valence-electron chi connectivity index (χ4n) is 1.69. The van der Waals surface area contributed by atoms with Gasteiger partial charge in [0.25, 0.3) is 5.69 Å². The quantitative estimate of drug-likeness (QED) is 0.270. The minimum atomic E-state index is -0.505. The fraction of sp³-hybridized carbons (Fsp3) is 0.143. The van der Waals surface area contributed by atoms with E-state index in [4.69, 9.17) is 11.6 Å². The lowest BCUT2D eigenvalue weighted by molar-refractivity contribution is -0.384. The summed E-state index contributed by atoms with van der Waals surface area (Å²) in [4.78, 5) is 22.0. The lowest BCUT2D eigenvalue weighted by atomic mass is 10.1. The second-order valence-corrected chi connectivity index (χ2v) is 4.61. The molecule has 0 saturated carbocycles. The zero-order valence-electron chi connectivity index (χ0n) is 11.0. The Morgan fingerprint density at radius 3 is 2.71 bits per heavy atom. The zero-order chi connectivity index (χ0) is 15.2. The summed E-state index contributed by atoms with van der Waals surface area (Å²) in [5.74, 6) is 0.238. The molecule has 2 rings (SSSR count). The minimum Gasteiger partial charge on any atom is -0.289 e. The van der Waals surface area contributed by atoms with Gasteiger partial charge in [-0.3, -0.25) is 19.6 Å². The number of alkyl halides is 1. The van der Waals surface area contributed by atoms with E-state index in [-0.39, 0.29) is 11.5 Å². The van der Waals surface area contributed by atoms with Gasteiger partial charge in [-0.25, -0.2) is 0 Å². The number of rotatable bonds is 6. The van der Waals surface area contributed by atoms with E-state index in [1.54, 1.807) is 23.2 Å². The number of halogens is 1. The standard InChI is InChI=1S/C14H12ClN3O3/c15-7-8-17-10-11(9-16-17)1-6-14(19)12-2-4-13(5-3-12)18(20)21/h1-6,9-10H,7-8H2. The Hall–Kier alpha value is -2.47. The maximum atomic E-state index is 11.9. The second-order valence-electron chi connectivity index (χ2n) is 4.23. The zero-order valence-corrected chi connectivity index (χ0v) is 11.7. The predicted molar refractivity (Wildman–Crippen MR) is 79.4 cm³/mol. The first-order chi connectivity index (χ1) is 10.1. The van der Waals surface area contributed by atoms with Gasteiger partial charge in [0.15, 0.2) is 5.78 Å². The first-order valence-electron chi connectivity index (χ1n) is 6.15. The molecule has 0 spiro atoms. The van der Waals surface area contributed by atoms with Crippen LogP contribution < -0.4 is 0 Å². The van der Waals surface area contributed by atoms with Crippen LogP contribution in [-0.4, -0.2) is 26.4 Å². The van der Waals surface area contributed by atoms with E-state index in [0.29, 0.717) is 18.0 Å². The van der Waals surface area contributed by atoms with Crippen LogP contribution in [0.5, 0.6) is 0 Å². The summed E-state index contributed by atoms with van der Waals surface area (Å²) < 4.78 is 1.68. The van der Waals surface area contributed by atoms with Crippen molar-refractivity contribution in [2.45, 2.75) is 6.54 Å². The Labute approximate surface area is 125 Å². The minimum absolute atomic E-state index is 0.0436. The molecule has 6 nitrogen and oxygen atoms in total. The molecule has 0 amide bonds. The molecule has 0 aliphatic heterocycles. The smallest absolute Gasteiger partial charge is 0.269 e. The lowest BCUT2D eigenvalue weighted by Crippen LogP contribution is -1.98. The van der Waals surface area contributed by atoms with Gasteiger partial charge >= 0.3 is 0 Å². The summed E-state index contributed by atoms with van der Waals surface area (Å²) in [5.41, 5.74) is 1.14. The van der Waals surface area contributed by atoms with Gasteiger partial charge < -0.3 is 0 Å².